The van der Waals surface area contributed by atoms with Gasteiger partial charge < -0.3 is 14.9 Å². The molecule has 2 aromatic rings. The highest BCUT2D eigenvalue weighted by Crippen LogP contribution is 2.21. The summed E-state index contributed by atoms with van der Waals surface area (Å²) in [7, 11) is 0. The maximum atomic E-state index is 13.6. The Morgan fingerprint density at radius 3 is 2.89 bits per heavy atom. The molecule has 2 N–H and O–H groups in total. The van der Waals surface area contributed by atoms with Crippen molar-refractivity contribution in [3.63, 3.8) is 0 Å². The molecule has 1 atom stereocenters. The number of aromatic nitrogens is 2. The molecule has 18 heavy (non-hydrogen) atoms. The van der Waals surface area contributed by atoms with Crippen LogP contribution in [-0.4, -0.2) is 15.2 Å². The first-order valence-electron chi connectivity index (χ1n) is 5.57. The SMILES string of the molecule is Cc1nc(CNC(C)c2ccc(O)cc2F)no1. The van der Waals surface area contributed by atoms with Gasteiger partial charge in [0.05, 0.1) is 6.54 Å². The number of aryl methyl sites for hydroxylation is 1. The number of halogens is 1. The third kappa shape index (κ3) is 2.84. The molecule has 96 valence electrons. The molecule has 0 saturated heterocycles. The van der Waals surface area contributed by atoms with Crippen molar-refractivity contribution >= 4 is 0 Å². The van der Waals surface area contributed by atoms with Gasteiger partial charge in [0.25, 0.3) is 0 Å². The van der Waals surface area contributed by atoms with Crippen LogP contribution in [0.1, 0.15) is 30.2 Å². The quantitative estimate of drug-likeness (QED) is 0.870. The Balaban J connectivity index is 2.01. The maximum absolute atomic E-state index is 13.6. The highest BCUT2D eigenvalue weighted by molar-refractivity contribution is 5.29. The number of hydrogen-bond donors (Lipinski definition) is 2. The lowest BCUT2D eigenvalue weighted by Crippen LogP contribution is -2.19. The van der Waals surface area contributed by atoms with E-state index < -0.39 is 5.82 Å². The zero-order chi connectivity index (χ0) is 13.1. The third-order valence-electron chi connectivity index (χ3n) is 2.59. The van der Waals surface area contributed by atoms with Gasteiger partial charge in [-0.1, -0.05) is 11.2 Å². The van der Waals surface area contributed by atoms with Crippen molar-refractivity contribution in [1.82, 2.24) is 15.5 Å². The average molecular weight is 251 g/mol. The Labute approximate surface area is 104 Å². The summed E-state index contributed by atoms with van der Waals surface area (Å²) < 4.78 is 18.4. The summed E-state index contributed by atoms with van der Waals surface area (Å²) in [6.45, 7) is 3.92. The number of nitrogens with one attached hydrogen (secondary N) is 1. The van der Waals surface area contributed by atoms with E-state index in [1.54, 1.807) is 13.0 Å². The van der Waals surface area contributed by atoms with E-state index in [9.17, 15) is 4.39 Å². The number of nitrogens with zero attached hydrogens (tertiary/aromatic N) is 2. The van der Waals surface area contributed by atoms with Gasteiger partial charge in [0, 0.05) is 24.6 Å². The van der Waals surface area contributed by atoms with Crippen molar-refractivity contribution < 1.29 is 14.0 Å². The van der Waals surface area contributed by atoms with E-state index in [1.807, 2.05) is 6.92 Å². The molecular weight excluding hydrogens is 237 g/mol. The summed E-state index contributed by atoms with van der Waals surface area (Å²) in [5.41, 5.74) is 0.480. The first-order chi connectivity index (χ1) is 8.56. The lowest BCUT2D eigenvalue weighted by molar-refractivity contribution is 0.383. The van der Waals surface area contributed by atoms with Crippen LogP contribution in [0.2, 0.25) is 0 Å². The van der Waals surface area contributed by atoms with E-state index in [-0.39, 0.29) is 11.8 Å². The molecule has 0 aliphatic rings. The zero-order valence-corrected chi connectivity index (χ0v) is 10.1. The Kier molecular flexibility index (Phi) is 3.57. The van der Waals surface area contributed by atoms with Crippen LogP contribution >= 0.6 is 0 Å². The summed E-state index contributed by atoms with van der Waals surface area (Å²) in [5, 5.41) is 16.0. The van der Waals surface area contributed by atoms with Gasteiger partial charge in [0.15, 0.2) is 5.82 Å². The van der Waals surface area contributed by atoms with Crippen molar-refractivity contribution in [3.8, 4) is 5.75 Å². The molecule has 0 aliphatic carbocycles. The van der Waals surface area contributed by atoms with Crippen LogP contribution in [0.4, 0.5) is 4.39 Å². The Hall–Kier alpha value is -1.95. The molecule has 6 heteroatoms. The highest BCUT2D eigenvalue weighted by atomic mass is 19.1. The van der Waals surface area contributed by atoms with Gasteiger partial charge >= 0.3 is 0 Å². The van der Waals surface area contributed by atoms with Crippen molar-refractivity contribution in [2.75, 3.05) is 0 Å². The van der Waals surface area contributed by atoms with Crippen molar-refractivity contribution in [1.29, 1.82) is 0 Å². The molecule has 0 fully saturated rings. The fraction of sp³-hybridized carbons (Fsp3) is 0.333. The van der Waals surface area contributed by atoms with Crippen LogP contribution in [-0.2, 0) is 6.54 Å². The number of rotatable bonds is 4. The Morgan fingerprint density at radius 2 is 2.28 bits per heavy atom. The van der Waals surface area contributed by atoms with Gasteiger partial charge in [-0.3, -0.25) is 0 Å². The third-order valence-corrected chi connectivity index (χ3v) is 2.59. The number of aromatic hydroxyl groups is 1. The minimum Gasteiger partial charge on any atom is -0.508 e. The second kappa shape index (κ2) is 5.14. The molecule has 1 aromatic heterocycles. The summed E-state index contributed by atoms with van der Waals surface area (Å²) in [6, 6.07) is 3.87. The largest absolute Gasteiger partial charge is 0.508 e. The summed E-state index contributed by atoms with van der Waals surface area (Å²) in [6.07, 6.45) is 0. The lowest BCUT2D eigenvalue weighted by Gasteiger charge is -2.13. The van der Waals surface area contributed by atoms with Gasteiger partial charge in [-0.05, 0) is 13.0 Å². The fourth-order valence-corrected chi connectivity index (χ4v) is 1.63. The minimum atomic E-state index is -0.445. The number of phenols is 1. The second-order valence-electron chi connectivity index (χ2n) is 4.04. The monoisotopic (exact) mass is 251 g/mol. The van der Waals surface area contributed by atoms with Gasteiger partial charge in [-0.15, -0.1) is 0 Å². The zero-order valence-electron chi connectivity index (χ0n) is 10.1. The lowest BCUT2D eigenvalue weighted by atomic mass is 10.1. The van der Waals surface area contributed by atoms with Crippen molar-refractivity contribution in [2.24, 2.45) is 0 Å². The van der Waals surface area contributed by atoms with Crippen LogP contribution < -0.4 is 5.32 Å². The molecule has 1 aromatic carbocycles. The molecule has 0 aliphatic heterocycles. The van der Waals surface area contributed by atoms with E-state index in [4.69, 9.17) is 9.63 Å². The van der Waals surface area contributed by atoms with E-state index in [0.29, 0.717) is 23.8 Å². The number of benzene rings is 1. The maximum Gasteiger partial charge on any atom is 0.223 e. The molecule has 5 nitrogen and oxygen atoms in total. The number of phenolic OH excluding ortho intramolecular Hbond substituents is 1. The van der Waals surface area contributed by atoms with Crippen molar-refractivity contribution in [3.05, 3.63) is 41.3 Å². The van der Waals surface area contributed by atoms with E-state index >= 15 is 0 Å². The van der Waals surface area contributed by atoms with Gasteiger partial charge in [-0.25, -0.2) is 4.39 Å². The van der Waals surface area contributed by atoms with E-state index in [2.05, 4.69) is 15.5 Å². The van der Waals surface area contributed by atoms with Crippen LogP contribution in [0, 0.1) is 12.7 Å². The van der Waals surface area contributed by atoms with E-state index in [0.717, 1.165) is 6.07 Å². The molecular formula is C12H14FN3O2. The van der Waals surface area contributed by atoms with Crippen LogP contribution in [0.5, 0.6) is 5.75 Å². The topological polar surface area (TPSA) is 71.2 Å². The average Bonchev–Trinajstić information content (AvgIpc) is 2.72. The van der Waals surface area contributed by atoms with Crippen LogP contribution in [0.3, 0.4) is 0 Å². The minimum absolute atomic E-state index is 0.0859. The molecule has 0 saturated carbocycles. The van der Waals surface area contributed by atoms with Crippen LogP contribution in [0.25, 0.3) is 0 Å². The van der Waals surface area contributed by atoms with Crippen molar-refractivity contribution in [2.45, 2.75) is 26.4 Å². The Bertz CT molecular complexity index is 542. The first-order valence-corrected chi connectivity index (χ1v) is 5.57. The predicted octanol–water partition coefficient (Wildman–Crippen LogP) is 2.07. The Morgan fingerprint density at radius 1 is 1.50 bits per heavy atom. The molecule has 0 bridgehead atoms. The molecule has 0 radical (unpaired) electrons. The molecule has 1 unspecified atom stereocenters. The second-order valence-corrected chi connectivity index (χ2v) is 4.04. The summed E-state index contributed by atoms with van der Waals surface area (Å²) >= 11 is 0. The van der Waals surface area contributed by atoms with Gasteiger partial charge in [-0.2, -0.15) is 4.98 Å². The molecule has 1 heterocycles. The number of hydrogen-bond acceptors (Lipinski definition) is 5. The predicted molar refractivity (Wildman–Crippen MR) is 62.4 cm³/mol. The standard InChI is InChI=1S/C12H14FN3O2/c1-7(10-4-3-9(17)5-11(10)13)14-6-12-15-8(2)18-16-12/h3-5,7,14,17H,6H2,1-2H3. The molecule has 0 spiro atoms. The first kappa shape index (κ1) is 12.5. The van der Waals surface area contributed by atoms with Crippen LogP contribution in [0.15, 0.2) is 22.7 Å². The van der Waals surface area contributed by atoms with E-state index in [1.165, 1.54) is 6.07 Å². The van der Waals surface area contributed by atoms with Gasteiger partial charge in [0.2, 0.25) is 5.89 Å². The highest BCUT2D eigenvalue weighted by Gasteiger charge is 2.12. The summed E-state index contributed by atoms with van der Waals surface area (Å²) in [4.78, 5) is 4.04. The molecule has 2 rings (SSSR count). The fourth-order valence-electron chi connectivity index (χ4n) is 1.63. The molecule has 0 amide bonds. The smallest absolute Gasteiger partial charge is 0.223 e. The summed E-state index contributed by atoms with van der Waals surface area (Å²) in [5.74, 6) is 0.491. The normalized spacial score (nSPS) is 12.6. The van der Waals surface area contributed by atoms with Gasteiger partial charge in [0.1, 0.15) is 11.6 Å².